The lowest BCUT2D eigenvalue weighted by Gasteiger charge is -2.04. The Hall–Kier alpha value is -3.28. The zero-order chi connectivity index (χ0) is 17.4. The molecule has 0 amide bonds. The summed E-state index contributed by atoms with van der Waals surface area (Å²) in [6.45, 7) is 5.82. The second-order valence-electron chi connectivity index (χ2n) is 6.05. The maximum absolute atomic E-state index is 4.58. The Morgan fingerprint density at radius 2 is 1.72 bits per heavy atom. The van der Waals surface area contributed by atoms with Crippen LogP contribution in [0.4, 0.5) is 0 Å². The van der Waals surface area contributed by atoms with Crippen LogP contribution in [0.3, 0.4) is 0 Å². The molecule has 0 aliphatic carbocycles. The number of benzene rings is 2. The lowest BCUT2D eigenvalue weighted by molar-refractivity contribution is 0.708. The maximum atomic E-state index is 4.58. The van der Waals surface area contributed by atoms with Crippen LogP contribution < -0.4 is 0 Å². The van der Waals surface area contributed by atoms with Crippen LogP contribution in [0.25, 0.3) is 16.7 Å². The predicted molar refractivity (Wildman–Crippen MR) is 98.3 cm³/mol. The summed E-state index contributed by atoms with van der Waals surface area (Å²) in [7, 11) is 0. The summed E-state index contributed by atoms with van der Waals surface area (Å²) in [5, 5.41) is 19.8. The Balaban J connectivity index is 1.73. The molecule has 2 heterocycles. The van der Waals surface area contributed by atoms with Gasteiger partial charge in [0.15, 0.2) is 5.82 Å². The van der Waals surface area contributed by atoms with Crippen molar-refractivity contribution in [2.75, 3.05) is 0 Å². The molecule has 0 aliphatic rings. The van der Waals surface area contributed by atoms with Gasteiger partial charge in [0, 0.05) is 5.69 Å². The summed E-state index contributed by atoms with van der Waals surface area (Å²) < 4.78 is 3.46. The molecule has 4 rings (SSSR count). The van der Waals surface area contributed by atoms with E-state index in [1.54, 1.807) is 9.36 Å². The molecule has 2 aromatic carbocycles. The third kappa shape index (κ3) is 2.82. The van der Waals surface area contributed by atoms with Gasteiger partial charge in [-0.25, -0.2) is 4.68 Å². The minimum absolute atomic E-state index is 0.583. The highest BCUT2D eigenvalue weighted by Gasteiger charge is 2.13. The summed E-state index contributed by atoms with van der Waals surface area (Å²) >= 11 is 0. The fourth-order valence-corrected chi connectivity index (χ4v) is 2.86. The Labute approximate surface area is 145 Å². The van der Waals surface area contributed by atoms with Gasteiger partial charge >= 0.3 is 0 Å². The SMILES string of the molecule is Cc1cc(C)n(-c2nnc(C)n2/N=C/c2ccc3ccccc3c2)n1. The second kappa shape index (κ2) is 5.98. The molecule has 0 unspecified atom stereocenters. The fourth-order valence-electron chi connectivity index (χ4n) is 2.86. The molecule has 25 heavy (non-hydrogen) atoms. The van der Waals surface area contributed by atoms with Gasteiger partial charge < -0.3 is 0 Å². The van der Waals surface area contributed by atoms with Crippen LogP contribution in [0.15, 0.2) is 53.6 Å². The minimum atomic E-state index is 0.583. The normalized spacial score (nSPS) is 11.6. The first-order valence-corrected chi connectivity index (χ1v) is 8.10. The lowest BCUT2D eigenvalue weighted by Crippen LogP contribution is -2.07. The number of fused-ring (bicyclic) bond motifs is 1. The van der Waals surface area contributed by atoms with Crippen LogP contribution in [0.5, 0.6) is 0 Å². The number of hydrogen-bond acceptors (Lipinski definition) is 4. The predicted octanol–water partition coefficient (Wildman–Crippen LogP) is 3.42. The van der Waals surface area contributed by atoms with Crippen LogP contribution in [0.2, 0.25) is 0 Å². The van der Waals surface area contributed by atoms with Crippen molar-refractivity contribution in [1.29, 1.82) is 0 Å². The van der Waals surface area contributed by atoms with E-state index >= 15 is 0 Å². The fraction of sp³-hybridized carbons (Fsp3) is 0.158. The molecular formula is C19H18N6. The average molecular weight is 330 g/mol. The van der Waals surface area contributed by atoms with Crippen LogP contribution >= 0.6 is 0 Å². The number of aryl methyl sites for hydroxylation is 3. The van der Waals surface area contributed by atoms with E-state index in [-0.39, 0.29) is 0 Å². The molecule has 4 aromatic rings. The summed E-state index contributed by atoms with van der Waals surface area (Å²) in [5.41, 5.74) is 2.95. The summed E-state index contributed by atoms with van der Waals surface area (Å²) in [6, 6.07) is 16.5. The highest BCUT2D eigenvalue weighted by Crippen LogP contribution is 2.15. The molecule has 0 N–H and O–H groups in total. The van der Waals surface area contributed by atoms with Crippen molar-refractivity contribution in [3.63, 3.8) is 0 Å². The first kappa shape index (κ1) is 15.3. The molecule has 2 aromatic heterocycles. The van der Waals surface area contributed by atoms with Gasteiger partial charge in [0.1, 0.15) is 0 Å². The van der Waals surface area contributed by atoms with E-state index in [2.05, 4.69) is 50.7 Å². The van der Waals surface area contributed by atoms with Crippen molar-refractivity contribution in [2.45, 2.75) is 20.8 Å². The second-order valence-corrected chi connectivity index (χ2v) is 6.05. The molecule has 0 radical (unpaired) electrons. The molecule has 124 valence electrons. The monoisotopic (exact) mass is 330 g/mol. The summed E-state index contributed by atoms with van der Waals surface area (Å²) in [6.07, 6.45) is 1.82. The quantitative estimate of drug-likeness (QED) is 0.541. The zero-order valence-electron chi connectivity index (χ0n) is 14.4. The average Bonchev–Trinajstić information content (AvgIpc) is 3.14. The number of hydrogen-bond donors (Lipinski definition) is 0. The highest BCUT2D eigenvalue weighted by atomic mass is 15.5. The number of aromatic nitrogens is 5. The molecule has 0 spiro atoms. The van der Waals surface area contributed by atoms with Crippen molar-refractivity contribution in [3.8, 4) is 5.95 Å². The van der Waals surface area contributed by atoms with Gasteiger partial charge in [-0.3, -0.25) is 0 Å². The molecule has 0 atom stereocenters. The van der Waals surface area contributed by atoms with E-state index in [0.717, 1.165) is 17.0 Å². The maximum Gasteiger partial charge on any atom is 0.273 e. The molecular weight excluding hydrogens is 312 g/mol. The van der Waals surface area contributed by atoms with Gasteiger partial charge in [0.25, 0.3) is 5.95 Å². The molecule has 6 heteroatoms. The topological polar surface area (TPSA) is 60.9 Å². The van der Waals surface area contributed by atoms with Crippen LogP contribution in [-0.4, -0.2) is 30.9 Å². The van der Waals surface area contributed by atoms with Crippen LogP contribution in [0, 0.1) is 20.8 Å². The summed E-state index contributed by atoms with van der Waals surface area (Å²) in [5.74, 6) is 1.29. The number of rotatable bonds is 3. The van der Waals surface area contributed by atoms with Gasteiger partial charge in [0.2, 0.25) is 0 Å². The van der Waals surface area contributed by atoms with Crippen molar-refractivity contribution in [1.82, 2.24) is 24.7 Å². The van der Waals surface area contributed by atoms with E-state index < -0.39 is 0 Å². The Morgan fingerprint density at radius 3 is 2.48 bits per heavy atom. The molecule has 6 nitrogen and oxygen atoms in total. The van der Waals surface area contributed by atoms with Gasteiger partial charge in [-0.15, -0.1) is 10.2 Å². The number of nitrogens with zero attached hydrogens (tertiary/aromatic N) is 6. The first-order chi connectivity index (χ1) is 12.1. The third-order valence-corrected chi connectivity index (χ3v) is 4.07. The van der Waals surface area contributed by atoms with Crippen molar-refractivity contribution in [3.05, 3.63) is 71.3 Å². The minimum Gasteiger partial charge on any atom is -0.202 e. The zero-order valence-corrected chi connectivity index (χ0v) is 14.4. The van der Waals surface area contributed by atoms with E-state index in [9.17, 15) is 0 Å². The van der Waals surface area contributed by atoms with Crippen LogP contribution in [-0.2, 0) is 0 Å². The molecule has 0 fully saturated rings. The largest absolute Gasteiger partial charge is 0.273 e. The molecule has 0 saturated carbocycles. The lowest BCUT2D eigenvalue weighted by atomic mass is 10.1. The Morgan fingerprint density at radius 1 is 0.920 bits per heavy atom. The smallest absolute Gasteiger partial charge is 0.202 e. The van der Waals surface area contributed by atoms with Crippen molar-refractivity contribution in [2.24, 2.45) is 5.10 Å². The van der Waals surface area contributed by atoms with Crippen molar-refractivity contribution < 1.29 is 0 Å². The van der Waals surface area contributed by atoms with E-state index in [1.165, 1.54) is 10.8 Å². The van der Waals surface area contributed by atoms with Crippen LogP contribution in [0.1, 0.15) is 22.8 Å². The summed E-state index contributed by atoms with van der Waals surface area (Å²) in [4.78, 5) is 0. The van der Waals surface area contributed by atoms with E-state index in [4.69, 9.17) is 0 Å². The van der Waals surface area contributed by atoms with Gasteiger partial charge in [-0.2, -0.15) is 14.9 Å². The molecule has 0 aliphatic heterocycles. The Bertz CT molecular complexity index is 1090. The van der Waals surface area contributed by atoms with E-state index in [0.29, 0.717) is 11.8 Å². The van der Waals surface area contributed by atoms with Gasteiger partial charge in [0.05, 0.1) is 11.9 Å². The molecule has 0 saturated heterocycles. The van der Waals surface area contributed by atoms with E-state index in [1.807, 2.05) is 45.2 Å². The van der Waals surface area contributed by atoms with Crippen molar-refractivity contribution >= 4 is 17.0 Å². The van der Waals surface area contributed by atoms with Gasteiger partial charge in [-0.1, -0.05) is 36.4 Å². The Kier molecular flexibility index (Phi) is 3.65. The standard InChI is InChI=1S/C19H18N6/c1-13-10-14(2)24(23-13)19-22-21-15(3)25(19)20-12-16-8-9-17-6-4-5-7-18(17)11-16/h4-12H,1-3H3/b20-12+. The highest BCUT2D eigenvalue weighted by molar-refractivity contribution is 5.90. The third-order valence-electron chi connectivity index (χ3n) is 4.07. The first-order valence-electron chi connectivity index (χ1n) is 8.10. The van der Waals surface area contributed by atoms with Gasteiger partial charge in [-0.05, 0) is 49.2 Å². The molecule has 0 bridgehead atoms.